The highest BCUT2D eigenvalue weighted by Gasteiger charge is 2.33. The Morgan fingerprint density at radius 1 is 1.24 bits per heavy atom. The Bertz CT molecular complexity index is 1070. The van der Waals surface area contributed by atoms with Gasteiger partial charge in [0, 0.05) is 10.7 Å². The summed E-state index contributed by atoms with van der Waals surface area (Å²) in [4.78, 5) is 17.6. The topological polar surface area (TPSA) is 81.1 Å². The first-order valence-corrected chi connectivity index (χ1v) is 9.62. The van der Waals surface area contributed by atoms with E-state index in [1.54, 1.807) is 16.8 Å². The molecular weight excluding hydrogens is 390 g/mol. The summed E-state index contributed by atoms with van der Waals surface area (Å²) in [5.74, 6) is 0.951. The molecule has 0 saturated carbocycles. The Morgan fingerprint density at radius 2 is 2.00 bits per heavy atom. The normalized spacial score (nSPS) is 15.5. The number of halogens is 1. The van der Waals surface area contributed by atoms with Crippen LogP contribution in [0.2, 0.25) is 5.02 Å². The number of carbonyl (C=O) groups excluding carboxylic acids is 1. The zero-order valence-corrected chi connectivity index (χ0v) is 16.8. The zero-order chi connectivity index (χ0) is 20.4. The van der Waals surface area contributed by atoms with Gasteiger partial charge < -0.3 is 15.4 Å². The molecule has 2 heterocycles. The van der Waals surface area contributed by atoms with E-state index in [1.807, 2.05) is 50.2 Å². The van der Waals surface area contributed by atoms with Crippen molar-refractivity contribution < 1.29 is 9.53 Å². The van der Waals surface area contributed by atoms with E-state index in [0.29, 0.717) is 40.3 Å². The summed E-state index contributed by atoms with van der Waals surface area (Å²) in [5.41, 5.74) is 2.73. The fourth-order valence-corrected chi connectivity index (χ4v) is 3.51. The molecule has 0 radical (unpaired) electrons. The van der Waals surface area contributed by atoms with Crippen molar-refractivity contribution in [3.8, 4) is 5.75 Å². The van der Waals surface area contributed by atoms with Crippen LogP contribution in [0.1, 0.15) is 25.5 Å². The second kappa shape index (κ2) is 7.97. The first-order chi connectivity index (χ1) is 14.1. The van der Waals surface area contributed by atoms with Crippen LogP contribution in [0.5, 0.6) is 5.75 Å². The van der Waals surface area contributed by atoms with Crippen LogP contribution in [0, 0.1) is 0 Å². The van der Waals surface area contributed by atoms with Crippen molar-refractivity contribution in [1.29, 1.82) is 0 Å². The summed E-state index contributed by atoms with van der Waals surface area (Å²) < 4.78 is 7.33. The van der Waals surface area contributed by atoms with Crippen LogP contribution in [0.15, 0.2) is 66.1 Å². The minimum atomic E-state index is -0.440. The van der Waals surface area contributed by atoms with Gasteiger partial charge in [0.05, 0.1) is 17.9 Å². The molecule has 0 saturated heterocycles. The Hall–Kier alpha value is -3.32. The molecule has 7 nitrogen and oxygen atoms in total. The Kier molecular flexibility index (Phi) is 5.22. The average molecular weight is 410 g/mol. The molecule has 0 aliphatic carbocycles. The lowest BCUT2D eigenvalue weighted by Crippen LogP contribution is -2.31. The van der Waals surface area contributed by atoms with Gasteiger partial charge in [0.15, 0.2) is 0 Å². The lowest BCUT2D eigenvalue weighted by atomic mass is 9.95. The van der Waals surface area contributed by atoms with Crippen molar-refractivity contribution in [3.05, 3.63) is 76.7 Å². The summed E-state index contributed by atoms with van der Waals surface area (Å²) in [5, 5.41) is 11.1. The van der Waals surface area contributed by atoms with E-state index in [4.69, 9.17) is 16.3 Å². The van der Waals surface area contributed by atoms with E-state index in [2.05, 4.69) is 20.7 Å². The first kappa shape index (κ1) is 19.0. The molecular formula is C21H20ClN5O2. The number of allylic oxidation sites excluding steroid dienone is 1. The number of carbonyl (C=O) groups is 1. The van der Waals surface area contributed by atoms with Crippen molar-refractivity contribution >= 4 is 29.1 Å². The number of fused-ring (bicyclic) bond motifs is 1. The molecule has 29 heavy (non-hydrogen) atoms. The number of nitrogens with zero attached hydrogens (tertiary/aromatic N) is 3. The number of benzene rings is 2. The van der Waals surface area contributed by atoms with Gasteiger partial charge in [-0.05, 0) is 43.7 Å². The van der Waals surface area contributed by atoms with Gasteiger partial charge in [-0.3, -0.25) is 4.79 Å². The highest BCUT2D eigenvalue weighted by Crippen LogP contribution is 2.36. The van der Waals surface area contributed by atoms with Crippen LogP contribution < -0.4 is 15.4 Å². The smallest absolute Gasteiger partial charge is 0.255 e. The van der Waals surface area contributed by atoms with Crippen LogP contribution in [0.4, 0.5) is 11.6 Å². The number of amides is 1. The molecule has 1 amide bonds. The number of ether oxygens (including phenoxy) is 1. The molecule has 1 atom stereocenters. The van der Waals surface area contributed by atoms with E-state index < -0.39 is 6.04 Å². The molecule has 1 aliphatic rings. The zero-order valence-electron chi connectivity index (χ0n) is 16.0. The van der Waals surface area contributed by atoms with E-state index in [1.165, 1.54) is 6.33 Å². The highest BCUT2D eigenvalue weighted by atomic mass is 35.5. The predicted molar refractivity (Wildman–Crippen MR) is 112 cm³/mol. The minimum absolute atomic E-state index is 0.247. The second-order valence-electron chi connectivity index (χ2n) is 6.53. The van der Waals surface area contributed by atoms with Gasteiger partial charge in [0.2, 0.25) is 5.95 Å². The van der Waals surface area contributed by atoms with Crippen molar-refractivity contribution in [2.24, 2.45) is 0 Å². The van der Waals surface area contributed by atoms with Crippen LogP contribution in [-0.4, -0.2) is 27.3 Å². The van der Waals surface area contributed by atoms with Crippen molar-refractivity contribution in [1.82, 2.24) is 14.8 Å². The molecule has 8 heteroatoms. The summed E-state index contributed by atoms with van der Waals surface area (Å²) in [6.45, 7) is 4.26. The van der Waals surface area contributed by atoms with Gasteiger partial charge in [-0.1, -0.05) is 35.9 Å². The van der Waals surface area contributed by atoms with E-state index >= 15 is 0 Å². The molecule has 4 rings (SSSR count). The second-order valence-corrected chi connectivity index (χ2v) is 6.97. The fraction of sp³-hybridized carbons (Fsp3) is 0.190. The minimum Gasteiger partial charge on any atom is -0.492 e. The number of anilines is 2. The van der Waals surface area contributed by atoms with Gasteiger partial charge in [-0.25, -0.2) is 4.68 Å². The third-order valence-corrected chi connectivity index (χ3v) is 4.91. The SMILES string of the molecule is CCOc1ccccc1NC(=O)C1=C(C)Nc2ncnn2[C@H]1c1ccc(Cl)cc1. The number of hydrogen-bond donors (Lipinski definition) is 2. The Balaban J connectivity index is 1.74. The summed E-state index contributed by atoms with van der Waals surface area (Å²) in [6.07, 6.45) is 1.46. The van der Waals surface area contributed by atoms with E-state index in [0.717, 1.165) is 5.56 Å². The van der Waals surface area contributed by atoms with E-state index in [9.17, 15) is 4.79 Å². The monoisotopic (exact) mass is 409 g/mol. The molecule has 1 aromatic heterocycles. The quantitative estimate of drug-likeness (QED) is 0.658. The summed E-state index contributed by atoms with van der Waals surface area (Å²) in [7, 11) is 0. The standard InChI is InChI=1S/C21H20ClN5O2/c1-3-29-17-7-5-4-6-16(17)26-20(28)18-13(2)25-21-23-12-24-27(21)19(18)14-8-10-15(22)11-9-14/h4-12,19H,3H2,1-2H3,(H,26,28)(H,23,24,25)/t19-/m0/s1. The van der Waals surface area contributed by atoms with Gasteiger partial charge in [0.25, 0.3) is 5.91 Å². The maximum Gasteiger partial charge on any atom is 0.255 e. The fourth-order valence-electron chi connectivity index (χ4n) is 3.38. The predicted octanol–water partition coefficient (Wildman–Crippen LogP) is 4.26. The number of nitrogens with one attached hydrogen (secondary N) is 2. The van der Waals surface area contributed by atoms with Crippen molar-refractivity contribution in [2.75, 3.05) is 17.2 Å². The molecule has 2 aromatic carbocycles. The molecule has 148 valence electrons. The number of hydrogen-bond acceptors (Lipinski definition) is 5. The van der Waals surface area contributed by atoms with Gasteiger partial charge >= 0.3 is 0 Å². The highest BCUT2D eigenvalue weighted by molar-refractivity contribution is 6.30. The van der Waals surface area contributed by atoms with Crippen molar-refractivity contribution in [2.45, 2.75) is 19.9 Å². The van der Waals surface area contributed by atoms with E-state index in [-0.39, 0.29) is 5.91 Å². The largest absolute Gasteiger partial charge is 0.492 e. The van der Waals surface area contributed by atoms with Gasteiger partial charge in [0.1, 0.15) is 18.1 Å². The van der Waals surface area contributed by atoms with Gasteiger partial charge in [-0.15, -0.1) is 0 Å². The lowest BCUT2D eigenvalue weighted by Gasteiger charge is -2.29. The first-order valence-electron chi connectivity index (χ1n) is 9.24. The molecule has 0 bridgehead atoms. The van der Waals surface area contributed by atoms with Gasteiger partial charge in [-0.2, -0.15) is 10.1 Å². The van der Waals surface area contributed by atoms with Crippen molar-refractivity contribution in [3.63, 3.8) is 0 Å². The number of aromatic nitrogens is 3. The average Bonchev–Trinajstić information content (AvgIpc) is 3.17. The molecule has 2 N–H and O–H groups in total. The van der Waals surface area contributed by atoms with Crippen LogP contribution in [0.25, 0.3) is 0 Å². The third kappa shape index (κ3) is 3.69. The summed E-state index contributed by atoms with van der Waals surface area (Å²) in [6, 6.07) is 14.3. The Morgan fingerprint density at radius 3 is 2.76 bits per heavy atom. The van der Waals surface area contributed by atoms with Crippen LogP contribution >= 0.6 is 11.6 Å². The maximum atomic E-state index is 13.4. The summed E-state index contributed by atoms with van der Waals surface area (Å²) >= 11 is 6.06. The van der Waals surface area contributed by atoms with Crippen LogP contribution in [0.3, 0.4) is 0 Å². The third-order valence-electron chi connectivity index (χ3n) is 4.66. The molecule has 1 aliphatic heterocycles. The lowest BCUT2D eigenvalue weighted by molar-refractivity contribution is -0.113. The Labute approximate surface area is 173 Å². The molecule has 3 aromatic rings. The maximum absolute atomic E-state index is 13.4. The molecule has 0 spiro atoms. The number of para-hydroxylation sites is 2. The number of rotatable bonds is 5. The molecule has 0 unspecified atom stereocenters. The van der Waals surface area contributed by atoms with Crippen LogP contribution in [-0.2, 0) is 4.79 Å². The molecule has 0 fully saturated rings.